The van der Waals surface area contributed by atoms with Gasteiger partial charge in [-0.15, -0.1) is 0 Å². The van der Waals surface area contributed by atoms with Gasteiger partial charge in [0, 0.05) is 5.56 Å². The number of aryl methyl sites for hydroxylation is 1. The van der Waals surface area contributed by atoms with Gasteiger partial charge in [0.15, 0.2) is 0 Å². The Morgan fingerprint density at radius 2 is 2.17 bits per heavy atom. The van der Waals surface area contributed by atoms with Crippen molar-refractivity contribution in [3.63, 3.8) is 0 Å². The summed E-state index contributed by atoms with van der Waals surface area (Å²) in [5.41, 5.74) is 7.69. The minimum absolute atomic E-state index is 0.342. The normalized spacial score (nSPS) is 23.7. The van der Waals surface area contributed by atoms with E-state index >= 15 is 0 Å². The monoisotopic (exact) mass is 263 g/mol. The van der Waals surface area contributed by atoms with Crippen molar-refractivity contribution < 1.29 is 4.74 Å². The van der Waals surface area contributed by atoms with Crippen LogP contribution in [0.5, 0.6) is 5.75 Å². The van der Waals surface area contributed by atoms with Crippen molar-refractivity contribution in [1.29, 1.82) is 0 Å². The number of thiocarbonyl (C=S) groups is 1. The van der Waals surface area contributed by atoms with Gasteiger partial charge in [-0.1, -0.05) is 37.7 Å². The zero-order valence-electron chi connectivity index (χ0n) is 11.1. The van der Waals surface area contributed by atoms with Crippen LogP contribution in [0.15, 0.2) is 18.2 Å². The van der Waals surface area contributed by atoms with E-state index in [0.717, 1.165) is 35.6 Å². The lowest BCUT2D eigenvalue weighted by atomic mass is 9.88. The van der Waals surface area contributed by atoms with Gasteiger partial charge in [-0.05, 0) is 43.7 Å². The lowest BCUT2D eigenvalue weighted by Gasteiger charge is -2.28. The standard InChI is InChI=1S/C15H21NOS/c1-10-4-3-5-13(8-10)17-14-9-12(15(16)18)7-6-11(14)2/h6-7,9-10,13H,3-5,8H2,1-2H3,(H2,16,18). The largest absolute Gasteiger partial charge is 0.490 e. The summed E-state index contributed by atoms with van der Waals surface area (Å²) in [5, 5.41) is 0. The summed E-state index contributed by atoms with van der Waals surface area (Å²) >= 11 is 5.01. The molecule has 0 heterocycles. The van der Waals surface area contributed by atoms with Gasteiger partial charge < -0.3 is 10.5 Å². The minimum Gasteiger partial charge on any atom is -0.490 e. The van der Waals surface area contributed by atoms with E-state index in [2.05, 4.69) is 13.8 Å². The molecule has 3 heteroatoms. The predicted molar refractivity (Wildman–Crippen MR) is 79.1 cm³/mol. The predicted octanol–water partition coefficient (Wildman–Crippen LogP) is 3.59. The zero-order valence-corrected chi connectivity index (χ0v) is 11.9. The molecule has 1 saturated carbocycles. The van der Waals surface area contributed by atoms with Gasteiger partial charge in [0.05, 0.1) is 6.10 Å². The molecule has 1 aromatic rings. The van der Waals surface area contributed by atoms with Gasteiger partial charge >= 0.3 is 0 Å². The number of hydrogen-bond donors (Lipinski definition) is 1. The van der Waals surface area contributed by atoms with Crippen LogP contribution in [-0.2, 0) is 0 Å². The molecule has 1 fully saturated rings. The Morgan fingerprint density at radius 3 is 2.83 bits per heavy atom. The molecule has 0 aliphatic heterocycles. The molecule has 0 bridgehead atoms. The van der Waals surface area contributed by atoms with Crippen LogP contribution in [0.1, 0.15) is 43.7 Å². The molecule has 2 nitrogen and oxygen atoms in total. The topological polar surface area (TPSA) is 35.2 Å². The average Bonchev–Trinajstić information content (AvgIpc) is 2.31. The Morgan fingerprint density at radius 1 is 1.39 bits per heavy atom. The highest BCUT2D eigenvalue weighted by molar-refractivity contribution is 7.80. The van der Waals surface area contributed by atoms with Crippen LogP contribution in [0.4, 0.5) is 0 Å². The molecule has 0 aromatic heterocycles. The second-order valence-electron chi connectivity index (χ2n) is 5.36. The minimum atomic E-state index is 0.342. The summed E-state index contributed by atoms with van der Waals surface area (Å²) in [5.74, 6) is 1.70. The van der Waals surface area contributed by atoms with E-state index in [1.54, 1.807) is 0 Å². The number of hydrogen-bond acceptors (Lipinski definition) is 2. The number of benzene rings is 1. The summed E-state index contributed by atoms with van der Waals surface area (Å²) < 4.78 is 6.13. The fourth-order valence-corrected chi connectivity index (χ4v) is 2.67. The van der Waals surface area contributed by atoms with Crippen LogP contribution in [0.25, 0.3) is 0 Å². The highest BCUT2D eigenvalue weighted by atomic mass is 32.1. The van der Waals surface area contributed by atoms with E-state index < -0.39 is 0 Å². The maximum Gasteiger partial charge on any atom is 0.123 e. The molecule has 98 valence electrons. The van der Waals surface area contributed by atoms with Crippen molar-refractivity contribution >= 4 is 17.2 Å². The first kappa shape index (κ1) is 13.3. The molecule has 18 heavy (non-hydrogen) atoms. The quantitative estimate of drug-likeness (QED) is 0.846. The number of ether oxygens (including phenoxy) is 1. The average molecular weight is 263 g/mol. The van der Waals surface area contributed by atoms with Gasteiger partial charge in [0.1, 0.15) is 10.7 Å². The molecule has 0 spiro atoms. The second-order valence-corrected chi connectivity index (χ2v) is 5.80. The Hall–Kier alpha value is -1.09. The van der Waals surface area contributed by atoms with Crippen molar-refractivity contribution in [3.05, 3.63) is 29.3 Å². The van der Waals surface area contributed by atoms with E-state index in [1.165, 1.54) is 12.8 Å². The Labute approximate surface area is 115 Å². The highest BCUT2D eigenvalue weighted by Gasteiger charge is 2.20. The maximum atomic E-state index is 6.13. The molecule has 2 atom stereocenters. The first-order chi connectivity index (χ1) is 8.56. The van der Waals surface area contributed by atoms with Crippen molar-refractivity contribution in [2.24, 2.45) is 11.7 Å². The molecule has 0 amide bonds. The van der Waals surface area contributed by atoms with Crippen LogP contribution < -0.4 is 10.5 Å². The highest BCUT2D eigenvalue weighted by Crippen LogP contribution is 2.29. The van der Waals surface area contributed by atoms with E-state index in [9.17, 15) is 0 Å². The van der Waals surface area contributed by atoms with Crippen molar-refractivity contribution in [2.75, 3.05) is 0 Å². The summed E-state index contributed by atoms with van der Waals surface area (Å²) in [6, 6.07) is 5.95. The maximum absolute atomic E-state index is 6.13. The van der Waals surface area contributed by atoms with E-state index in [-0.39, 0.29) is 0 Å². The summed E-state index contributed by atoms with van der Waals surface area (Å²) in [6.07, 6.45) is 5.23. The van der Waals surface area contributed by atoms with Gasteiger partial charge in [0.25, 0.3) is 0 Å². The molecule has 2 unspecified atom stereocenters. The Bertz CT molecular complexity index is 444. The van der Waals surface area contributed by atoms with Crippen LogP contribution >= 0.6 is 12.2 Å². The van der Waals surface area contributed by atoms with Crippen LogP contribution in [0.3, 0.4) is 0 Å². The van der Waals surface area contributed by atoms with Gasteiger partial charge in [-0.2, -0.15) is 0 Å². The van der Waals surface area contributed by atoms with Crippen LogP contribution in [-0.4, -0.2) is 11.1 Å². The number of rotatable bonds is 3. The first-order valence-electron chi connectivity index (χ1n) is 6.63. The summed E-state index contributed by atoms with van der Waals surface area (Å²) in [6.45, 7) is 4.36. The third kappa shape index (κ3) is 3.22. The first-order valence-corrected chi connectivity index (χ1v) is 7.04. The lowest BCUT2D eigenvalue weighted by molar-refractivity contribution is 0.128. The Balaban J connectivity index is 2.12. The molecule has 0 saturated heterocycles. The zero-order chi connectivity index (χ0) is 13.1. The molecular weight excluding hydrogens is 242 g/mol. The molecule has 2 N–H and O–H groups in total. The molecule has 2 rings (SSSR count). The van der Waals surface area contributed by atoms with E-state index in [4.69, 9.17) is 22.7 Å². The lowest BCUT2D eigenvalue weighted by Crippen LogP contribution is -2.24. The molecular formula is C15H21NOS. The SMILES string of the molecule is Cc1ccc(C(N)=S)cc1OC1CCCC(C)C1. The fourth-order valence-electron chi connectivity index (χ4n) is 2.55. The van der Waals surface area contributed by atoms with Crippen molar-refractivity contribution in [1.82, 2.24) is 0 Å². The van der Waals surface area contributed by atoms with E-state index in [1.807, 2.05) is 18.2 Å². The van der Waals surface area contributed by atoms with Gasteiger partial charge in [0.2, 0.25) is 0 Å². The second kappa shape index (κ2) is 5.70. The van der Waals surface area contributed by atoms with Gasteiger partial charge in [-0.25, -0.2) is 0 Å². The van der Waals surface area contributed by atoms with Gasteiger partial charge in [-0.3, -0.25) is 0 Å². The molecule has 1 aliphatic carbocycles. The molecule has 1 aliphatic rings. The summed E-state index contributed by atoms with van der Waals surface area (Å²) in [4.78, 5) is 0.428. The van der Waals surface area contributed by atoms with Crippen molar-refractivity contribution in [3.8, 4) is 5.75 Å². The smallest absolute Gasteiger partial charge is 0.123 e. The summed E-state index contributed by atoms with van der Waals surface area (Å²) in [7, 11) is 0. The van der Waals surface area contributed by atoms with Crippen molar-refractivity contribution in [2.45, 2.75) is 45.6 Å². The van der Waals surface area contributed by atoms with Crippen LogP contribution in [0.2, 0.25) is 0 Å². The Kier molecular flexibility index (Phi) is 4.23. The molecule has 0 radical (unpaired) electrons. The third-order valence-electron chi connectivity index (χ3n) is 3.65. The number of nitrogens with two attached hydrogens (primary N) is 1. The van der Waals surface area contributed by atoms with E-state index in [0.29, 0.717) is 11.1 Å². The third-order valence-corrected chi connectivity index (χ3v) is 3.89. The fraction of sp³-hybridized carbons (Fsp3) is 0.533. The molecule has 1 aromatic carbocycles. The van der Waals surface area contributed by atoms with Crippen LogP contribution in [0, 0.1) is 12.8 Å².